The minimum Gasteiger partial charge on any atom is -0.496 e. The predicted octanol–water partition coefficient (Wildman–Crippen LogP) is 3.67. The molecule has 18 heavy (non-hydrogen) atoms. The third-order valence-electron chi connectivity index (χ3n) is 3.79. The van der Waals surface area contributed by atoms with Crippen LogP contribution in [0.4, 0.5) is 0 Å². The summed E-state index contributed by atoms with van der Waals surface area (Å²) >= 11 is 0. The van der Waals surface area contributed by atoms with Crippen LogP contribution in [0.25, 0.3) is 0 Å². The summed E-state index contributed by atoms with van der Waals surface area (Å²) in [7, 11) is 1.77. The van der Waals surface area contributed by atoms with E-state index in [0.29, 0.717) is 5.92 Å². The number of para-hydroxylation sites is 1. The second-order valence-corrected chi connectivity index (χ2v) is 5.19. The van der Waals surface area contributed by atoms with E-state index in [1.807, 2.05) is 0 Å². The SMILES string of the molecule is CCCN(CCC)[C@@H]1C[C@H]1c1ccccc1OC. The van der Waals surface area contributed by atoms with Gasteiger partial charge in [-0.2, -0.15) is 0 Å². The lowest BCUT2D eigenvalue weighted by molar-refractivity contribution is 0.259. The Kier molecular flexibility index (Phi) is 4.65. The van der Waals surface area contributed by atoms with E-state index in [9.17, 15) is 0 Å². The normalized spacial score (nSPS) is 22.2. The molecule has 0 radical (unpaired) electrons. The van der Waals surface area contributed by atoms with Crippen molar-refractivity contribution in [3.63, 3.8) is 0 Å². The highest BCUT2D eigenvalue weighted by Crippen LogP contribution is 2.47. The molecular formula is C16H25NO. The Morgan fingerprint density at radius 1 is 1.17 bits per heavy atom. The molecule has 1 aromatic carbocycles. The Morgan fingerprint density at radius 2 is 1.83 bits per heavy atom. The number of hydrogen-bond acceptors (Lipinski definition) is 2. The van der Waals surface area contributed by atoms with Crippen LogP contribution >= 0.6 is 0 Å². The zero-order valence-corrected chi connectivity index (χ0v) is 11.9. The molecule has 2 atom stereocenters. The van der Waals surface area contributed by atoms with Gasteiger partial charge in [-0.15, -0.1) is 0 Å². The summed E-state index contributed by atoms with van der Waals surface area (Å²) in [4.78, 5) is 2.65. The molecule has 0 aromatic heterocycles. The van der Waals surface area contributed by atoms with Gasteiger partial charge in [0.05, 0.1) is 7.11 Å². The fourth-order valence-corrected chi connectivity index (χ4v) is 2.91. The minimum atomic E-state index is 0.680. The van der Waals surface area contributed by atoms with Gasteiger partial charge in [0.25, 0.3) is 0 Å². The first-order valence-corrected chi connectivity index (χ1v) is 7.18. The molecule has 1 saturated carbocycles. The van der Waals surface area contributed by atoms with Gasteiger partial charge in [-0.05, 0) is 44.0 Å². The molecule has 0 unspecified atom stereocenters. The molecular weight excluding hydrogens is 222 g/mol. The van der Waals surface area contributed by atoms with E-state index in [1.165, 1.54) is 37.9 Å². The molecule has 100 valence electrons. The van der Waals surface area contributed by atoms with Gasteiger partial charge >= 0.3 is 0 Å². The van der Waals surface area contributed by atoms with Crippen molar-refractivity contribution in [3.8, 4) is 5.75 Å². The van der Waals surface area contributed by atoms with Gasteiger partial charge in [0.2, 0.25) is 0 Å². The Morgan fingerprint density at radius 3 is 2.44 bits per heavy atom. The number of nitrogens with zero attached hydrogens (tertiary/aromatic N) is 1. The van der Waals surface area contributed by atoms with Crippen LogP contribution in [0.3, 0.4) is 0 Å². The molecule has 1 aliphatic rings. The van der Waals surface area contributed by atoms with Crippen LogP contribution in [0.1, 0.15) is 44.6 Å². The second-order valence-electron chi connectivity index (χ2n) is 5.19. The summed E-state index contributed by atoms with van der Waals surface area (Å²) in [5.41, 5.74) is 1.39. The second kappa shape index (κ2) is 6.24. The molecule has 0 heterocycles. The van der Waals surface area contributed by atoms with E-state index < -0.39 is 0 Å². The molecule has 1 fully saturated rings. The Balaban J connectivity index is 2.04. The van der Waals surface area contributed by atoms with Crippen LogP contribution in [0.5, 0.6) is 5.75 Å². The smallest absolute Gasteiger partial charge is 0.122 e. The third-order valence-corrected chi connectivity index (χ3v) is 3.79. The number of hydrogen-bond donors (Lipinski definition) is 0. The fraction of sp³-hybridized carbons (Fsp3) is 0.625. The van der Waals surface area contributed by atoms with Crippen LogP contribution in [-0.4, -0.2) is 31.1 Å². The van der Waals surface area contributed by atoms with E-state index in [0.717, 1.165) is 11.8 Å². The van der Waals surface area contributed by atoms with E-state index in [2.05, 4.69) is 43.0 Å². The lowest BCUT2D eigenvalue weighted by Gasteiger charge is -2.21. The highest BCUT2D eigenvalue weighted by Gasteiger charge is 2.43. The molecule has 1 aromatic rings. The van der Waals surface area contributed by atoms with Gasteiger partial charge in [-0.1, -0.05) is 32.0 Å². The molecule has 0 amide bonds. The average Bonchev–Trinajstić information content (AvgIpc) is 3.18. The number of ether oxygens (including phenoxy) is 1. The van der Waals surface area contributed by atoms with Crippen molar-refractivity contribution in [1.82, 2.24) is 4.90 Å². The molecule has 0 spiro atoms. The maximum absolute atomic E-state index is 5.48. The number of rotatable bonds is 7. The summed E-state index contributed by atoms with van der Waals surface area (Å²) in [6.07, 6.45) is 3.78. The van der Waals surface area contributed by atoms with Crippen molar-refractivity contribution >= 4 is 0 Å². The fourth-order valence-electron chi connectivity index (χ4n) is 2.91. The van der Waals surface area contributed by atoms with Gasteiger partial charge in [0.1, 0.15) is 5.75 Å². The lowest BCUT2D eigenvalue weighted by Crippen LogP contribution is -2.28. The molecule has 1 aliphatic carbocycles. The van der Waals surface area contributed by atoms with Crippen LogP contribution in [0, 0.1) is 0 Å². The summed E-state index contributed by atoms with van der Waals surface area (Å²) in [5, 5.41) is 0. The van der Waals surface area contributed by atoms with Crippen LogP contribution < -0.4 is 4.74 Å². The van der Waals surface area contributed by atoms with Crippen LogP contribution in [0.2, 0.25) is 0 Å². The maximum atomic E-state index is 5.48. The summed E-state index contributed by atoms with van der Waals surface area (Å²) < 4.78 is 5.48. The van der Waals surface area contributed by atoms with Crippen LogP contribution in [-0.2, 0) is 0 Å². The molecule has 2 nitrogen and oxygen atoms in total. The van der Waals surface area contributed by atoms with Crippen molar-refractivity contribution in [3.05, 3.63) is 29.8 Å². The van der Waals surface area contributed by atoms with Crippen molar-refractivity contribution < 1.29 is 4.74 Å². The van der Waals surface area contributed by atoms with Crippen molar-refractivity contribution in [2.75, 3.05) is 20.2 Å². The number of methoxy groups -OCH3 is 1. The topological polar surface area (TPSA) is 12.5 Å². The molecule has 0 saturated heterocycles. The largest absolute Gasteiger partial charge is 0.496 e. The van der Waals surface area contributed by atoms with Gasteiger partial charge in [0.15, 0.2) is 0 Å². The quantitative estimate of drug-likeness (QED) is 0.729. The van der Waals surface area contributed by atoms with Gasteiger partial charge in [-0.25, -0.2) is 0 Å². The summed E-state index contributed by atoms with van der Waals surface area (Å²) in [5.74, 6) is 1.73. The zero-order chi connectivity index (χ0) is 13.0. The van der Waals surface area contributed by atoms with Gasteiger partial charge in [0, 0.05) is 12.0 Å². The highest BCUT2D eigenvalue weighted by atomic mass is 16.5. The van der Waals surface area contributed by atoms with E-state index in [-0.39, 0.29) is 0 Å². The summed E-state index contributed by atoms with van der Waals surface area (Å²) in [6.45, 7) is 6.99. The molecule has 0 bridgehead atoms. The standard InChI is InChI=1S/C16H25NO/c1-4-10-17(11-5-2)15-12-14(15)13-8-6-7-9-16(13)18-3/h6-9,14-15H,4-5,10-12H2,1-3H3/t14-,15+/m0/s1. The van der Waals surface area contributed by atoms with E-state index in [1.54, 1.807) is 7.11 Å². The molecule has 0 N–H and O–H groups in total. The van der Waals surface area contributed by atoms with Gasteiger partial charge < -0.3 is 4.74 Å². The first-order valence-electron chi connectivity index (χ1n) is 7.18. The maximum Gasteiger partial charge on any atom is 0.122 e. The van der Waals surface area contributed by atoms with Crippen LogP contribution in [0.15, 0.2) is 24.3 Å². The molecule has 2 heteroatoms. The van der Waals surface area contributed by atoms with Crippen molar-refractivity contribution in [2.24, 2.45) is 0 Å². The Bertz CT molecular complexity index is 371. The van der Waals surface area contributed by atoms with Crippen molar-refractivity contribution in [2.45, 2.75) is 45.1 Å². The van der Waals surface area contributed by atoms with E-state index in [4.69, 9.17) is 4.74 Å². The Labute approximate surface area is 111 Å². The zero-order valence-electron chi connectivity index (χ0n) is 11.9. The first kappa shape index (κ1) is 13.4. The average molecular weight is 247 g/mol. The summed E-state index contributed by atoms with van der Waals surface area (Å²) in [6, 6.07) is 9.21. The molecule has 0 aliphatic heterocycles. The Hall–Kier alpha value is -1.02. The monoisotopic (exact) mass is 247 g/mol. The minimum absolute atomic E-state index is 0.680. The number of benzene rings is 1. The first-order chi connectivity index (χ1) is 8.81. The van der Waals surface area contributed by atoms with Gasteiger partial charge in [-0.3, -0.25) is 4.90 Å². The molecule has 2 rings (SSSR count). The highest BCUT2D eigenvalue weighted by molar-refractivity contribution is 5.40. The predicted molar refractivity (Wildman–Crippen MR) is 76.3 cm³/mol. The third kappa shape index (κ3) is 2.86. The van der Waals surface area contributed by atoms with Crippen molar-refractivity contribution in [1.29, 1.82) is 0 Å². The van der Waals surface area contributed by atoms with E-state index >= 15 is 0 Å². The lowest BCUT2D eigenvalue weighted by atomic mass is 10.1.